The van der Waals surface area contributed by atoms with Gasteiger partial charge in [0.05, 0.1) is 0 Å². The molecule has 3 heteroatoms. The monoisotopic (exact) mass is 294 g/mol. The number of nitrogens with two attached hydrogens (primary N) is 1. The summed E-state index contributed by atoms with van der Waals surface area (Å²) in [7, 11) is 0. The first-order valence-electron chi connectivity index (χ1n) is 7.82. The Hall–Kier alpha value is -2.13. The van der Waals surface area contributed by atoms with Gasteiger partial charge >= 0.3 is 0 Å². The van der Waals surface area contributed by atoms with Gasteiger partial charge in [-0.15, -0.1) is 0 Å². The van der Waals surface area contributed by atoms with E-state index in [1.54, 1.807) is 0 Å². The lowest BCUT2D eigenvalue weighted by Crippen LogP contribution is -2.40. The van der Waals surface area contributed by atoms with Crippen LogP contribution in [0.4, 0.5) is 0 Å². The molecule has 0 saturated carbocycles. The van der Waals surface area contributed by atoms with E-state index >= 15 is 0 Å². The smallest absolute Gasteiger partial charge is 0.244 e. The molecule has 3 atom stereocenters. The molecule has 0 spiro atoms. The van der Waals surface area contributed by atoms with Crippen LogP contribution in [0.15, 0.2) is 60.7 Å². The van der Waals surface area contributed by atoms with Crippen molar-refractivity contribution in [3.05, 3.63) is 71.8 Å². The molecule has 3 rings (SSSR count). The quantitative estimate of drug-likeness (QED) is 0.945. The van der Waals surface area contributed by atoms with Crippen molar-refractivity contribution in [2.24, 2.45) is 5.73 Å². The first-order chi connectivity index (χ1) is 10.7. The van der Waals surface area contributed by atoms with E-state index in [0.29, 0.717) is 5.92 Å². The van der Waals surface area contributed by atoms with E-state index in [1.807, 2.05) is 41.3 Å². The maximum atomic E-state index is 12.7. The fraction of sp³-hybridized carbons (Fsp3) is 0.316. The molecule has 1 fully saturated rings. The molecule has 0 aliphatic carbocycles. The topological polar surface area (TPSA) is 46.3 Å². The van der Waals surface area contributed by atoms with E-state index in [4.69, 9.17) is 5.73 Å². The van der Waals surface area contributed by atoms with Crippen molar-refractivity contribution in [3.8, 4) is 0 Å². The molecule has 1 heterocycles. The van der Waals surface area contributed by atoms with Gasteiger partial charge in [-0.05, 0) is 24.5 Å². The summed E-state index contributed by atoms with van der Waals surface area (Å²) in [6.45, 7) is 2.86. The molecule has 0 bridgehead atoms. The lowest BCUT2D eigenvalue weighted by Gasteiger charge is -2.25. The molecule has 0 radical (unpaired) electrons. The molecule has 3 unspecified atom stereocenters. The predicted octanol–water partition coefficient (Wildman–Crippen LogP) is 3.09. The minimum Gasteiger partial charge on any atom is -0.338 e. The van der Waals surface area contributed by atoms with Gasteiger partial charge in [-0.2, -0.15) is 0 Å². The number of carbonyl (C=O) groups is 1. The second kappa shape index (κ2) is 6.32. The van der Waals surface area contributed by atoms with Crippen LogP contribution in [0.1, 0.15) is 36.4 Å². The van der Waals surface area contributed by atoms with Crippen LogP contribution < -0.4 is 5.73 Å². The van der Waals surface area contributed by atoms with Gasteiger partial charge in [-0.1, -0.05) is 60.7 Å². The van der Waals surface area contributed by atoms with Crippen LogP contribution in [-0.2, 0) is 4.79 Å². The van der Waals surface area contributed by atoms with Crippen LogP contribution in [0.5, 0.6) is 0 Å². The van der Waals surface area contributed by atoms with E-state index in [2.05, 4.69) is 31.2 Å². The zero-order valence-corrected chi connectivity index (χ0v) is 12.9. The van der Waals surface area contributed by atoms with Crippen molar-refractivity contribution < 1.29 is 4.79 Å². The summed E-state index contributed by atoms with van der Waals surface area (Å²) in [5, 5.41) is 0. The van der Waals surface area contributed by atoms with E-state index in [-0.39, 0.29) is 11.9 Å². The molecule has 114 valence electrons. The Morgan fingerprint density at radius 1 is 1.09 bits per heavy atom. The predicted molar refractivity (Wildman–Crippen MR) is 88.3 cm³/mol. The number of carbonyl (C=O) groups excluding carboxylic acids is 1. The summed E-state index contributed by atoms with van der Waals surface area (Å²) in [5.41, 5.74) is 8.35. The van der Waals surface area contributed by atoms with Gasteiger partial charge in [-0.25, -0.2) is 0 Å². The third-order valence-corrected chi connectivity index (χ3v) is 4.55. The first kappa shape index (κ1) is 14.8. The molecule has 3 nitrogen and oxygen atoms in total. The third kappa shape index (κ3) is 2.90. The molecule has 2 aromatic carbocycles. The molecular formula is C19H22N2O. The van der Waals surface area contributed by atoms with E-state index in [1.165, 1.54) is 5.56 Å². The van der Waals surface area contributed by atoms with Crippen LogP contribution in [0, 0.1) is 0 Å². The molecule has 2 N–H and O–H groups in total. The first-order valence-corrected chi connectivity index (χ1v) is 7.82. The highest BCUT2D eigenvalue weighted by Gasteiger charge is 2.35. The van der Waals surface area contributed by atoms with Gasteiger partial charge in [-0.3, -0.25) is 4.79 Å². The van der Waals surface area contributed by atoms with Gasteiger partial charge in [0.25, 0.3) is 0 Å². The lowest BCUT2D eigenvalue weighted by molar-refractivity contribution is -0.133. The van der Waals surface area contributed by atoms with Crippen molar-refractivity contribution in [1.29, 1.82) is 0 Å². The van der Waals surface area contributed by atoms with Crippen LogP contribution in [0.2, 0.25) is 0 Å². The molecule has 2 aromatic rings. The van der Waals surface area contributed by atoms with Crippen LogP contribution >= 0.6 is 0 Å². The Morgan fingerprint density at radius 3 is 2.32 bits per heavy atom. The number of likely N-dealkylation sites (tertiary alicyclic amines) is 1. The van der Waals surface area contributed by atoms with E-state index in [0.717, 1.165) is 18.5 Å². The number of nitrogens with zero attached hydrogens (tertiary/aromatic N) is 1. The molecule has 1 saturated heterocycles. The van der Waals surface area contributed by atoms with E-state index in [9.17, 15) is 4.79 Å². The maximum absolute atomic E-state index is 12.7. The van der Waals surface area contributed by atoms with Gasteiger partial charge in [0.1, 0.15) is 6.04 Å². The fourth-order valence-corrected chi connectivity index (χ4v) is 3.29. The van der Waals surface area contributed by atoms with Crippen LogP contribution in [-0.4, -0.2) is 23.4 Å². The Balaban J connectivity index is 1.74. The number of rotatable bonds is 3. The fourth-order valence-electron chi connectivity index (χ4n) is 3.29. The number of benzene rings is 2. The standard InChI is InChI=1S/C19H22N2O/c1-14-12-17(15-8-4-2-5-9-15)13-21(14)19(22)18(20)16-10-6-3-7-11-16/h2-11,14,17-18H,12-13,20H2,1H3. The Bertz CT molecular complexity index is 626. The summed E-state index contributed by atoms with van der Waals surface area (Å²) < 4.78 is 0. The van der Waals surface area contributed by atoms with Gasteiger partial charge in [0.2, 0.25) is 5.91 Å². The Morgan fingerprint density at radius 2 is 1.68 bits per heavy atom. The van der Waals surface area contributed by atoms with Crippen molar-refractivity contribution in [2.45, 2.75) is 31.3 Å². The average Bonchev–Trinajstić information content (AvgIpc) is 2.97. The highest BCUT2D eigenvalue weighted by atomic mass is 16.2. The van der Waals surface area contributed by atoms with Crippen molar-refractivity contribution >= 4 is 5.91 Å². The summed E-state index contributed by atoms with van der Waals surface area (Å²) >= 11 is 0. The van der Waals surface area contributed by atoms with E-state index < -0.39 is 6.04 Å². The number of hydrogen-bond acceptors (Lipinski definition) is 2. The Kier molecular flexibility index (Phi) is 4.25. The molecule has 22 heavy (non-hydrogen) atoms. The summed E-state index contributed by atoms with van der Waals surface area (Å²) in [4.78, 5) is 14.7. The zero-order valence-electron chi connectivity index (χ0n) is 12.9. The van der Waals surface area contributed by atoms with Crippen molar-refractivity contribution in [1.82, 2.24) is 4.90 Å². The van der Waals surface area contributed by atoms with Crippen LogP contribution in [0.3, 0.4) is 0 Å². The van der Waals surface area contributed by atoms with Gasteiger partial charge < -0.3 is 10.6 Å². The number of hydrogen-bond donors (Lipinski definition) is 1. The minimum absolute atomic E-state index is 0.0251. The van der Waals surface area contributed by atoms with Crippen LogP contribution in [0.25, 0.3) is 0 Å². The molecular weight excluding hydrogens is 272 g/mol. The molecule has 0 aromatic heterocycles. The second-order valence-corrected chi connectivity index (χ2v) is 6.07. The van der Waals surface area contributed by atoms with Gasteiger partial charge in [0.15, 0.2) is 0 Å². The highest BCUT2D eigenvalue weighted by Crippen LogP contribution is 2.32. The minimum atomic E-state index is -0.571. The molecule has 1 amide bonds. The third-order valence-electron chi connectivity index (χ3n) is 4.55. The van der Waals surface area contributed by atoms with Crippen molar-refractivity contribution in [2.75, 3.05) is 6.54 Å². The lowest BCUT2D eigenvalue weighted by atomic mass is 9.97. The Labute approximate surface area is 131 Å². The highest BCUT2D eigenvalue weighted by molar-refractivity contribution is 5.83. The average molecular weight is 294 g/mol. The van der Waals surface area contributed by atoms with Gasteiger partial charge in [0, 0.05) is 18.5 Å². The summed E-state index contributed by atoms with van der Waals surface area (Å²) in [6.07, 6.45) is 0.997. The molecule has 1 aliphatic rings. The summed E-state index contributed by atoms with van der Waals surface area (Å²) in [5.74, 6) is 0.431. The maximum Gasteiger partial charge on any atom is 0.244 e. The largest absolute Gasteiger partial charge is 0.338 e. The summed E-state index contributed by atoms with van der Waals surface area (Å²) in [6, 6.07) is 19.7. The molecule has 1 aliphatic heterocycles. The number of amides is 1. The second-order valence-electron chi connectivity index (χ2n) is 6.07. The van der Waals surface area contributed by atoms with Crippen molar-refractivity contribution in [3.63, 3.8) is 0 Å². The normalized spacial score (nSPS) is 22.5. The SMILES string of the molecule is CC1CC(c2ccccc2)CN1C(=O)C(N)c1ccccc1. The zero-order chi connectivity index (χ0) is 15.5.